The van der Waals surface area contributed by atoms with E-state index in [9.17, 15) is 34.1 Å². The highest BCUT2D eigenvalue weighted by Gasteiger charge is 2.61. The molecule has 2 aromatic carbocycles. The molecule has 2 aliphatic carbocycles. The fraction of sp³-hybridized carbons (Fsp3) is 0.346. The van der Waals surface area contributed by atoms with Crippen LogP contribution in [0, 0.1) is 33.8 Å². The second-order valence-electron chi connectivity index (χ2n) is 9.45. The zero-order valence-corrected chi connectivity index (χ0v) is 19.5. The number of fused-ring (bicyclic) bond motifs is 5. The number of carbonyl (C=O) groups is 5. The lowest BCUT2D eigenvalue weighted by Gasteiger charge is -2.19. The number of nitro groups is 1. The number of benzene rings is 2. The van der Waals surface area contributed by atoms with Crippen LogP contribution in [0.2, 0.25) is 0 Å². The third-order valence-corrected chi connectivity index (χ3v) is 7.37. The van der Waals surface area contributed by atoms with Crippen molar-refractivity contribution in [3.63, 3.8) is 0 Å². The van der Waals surface area contributed by atoms with Crippen molar-refractivity contribution in [2.24, 2.45) is 23.7 Å². The summed E-state index contributed by atoms with van der Waals surface area (Å²) in [6, 6.07) is 10.5. The molecule has 3 aliphatic rings. The molecule has 4 atom stereocenters. The quantitative estimate of drug-likeness (QED) is 0.131. The van der Waals surface area contributed by atoms with Crippen molar-refractivity contribution in [2.75, 3.05) is 13.2 Å². The molecule has 1 saturated heterocycles. The zero-order chi connectivity index (χ0) is 26.3. The van der Waals surface area contributed by atoms with Gasteiger partial charge in [0.25, 0.3) is 5.69 Å². The molecule has 4 unspecified atom stereocenters. The van der Waals surface area contributed by atoms with Crippen LogP contribution in [0.15, 0.2) is 48.5 Å². The topological polar surface area (TPSA) is 150 Å². The van der Waals surface area contributed by atoms with Crippen LogP contribution < -0.4 is 4.74 Å². The Morgan fingerprint density at radius 3 is 2.03 bits per heavy atom. The summed E-state index contributed by atoms with van der Waals surface area (Å²) in [6.07, 6.45) is 2.77. The van der Waals surface area contributed by atoms with Gasteiger partial charge >= 0.3 is 11.9 Å². The van der Waals surface area contributed by atoms with Crippen molar-refractivity contribution in [1.29, 1.82) is 0 Å². The number of hydrogen-bond donors (Lipinski definition) is 0. The van der Waals surface area contributed by atoms with Crippen LogP contribution in [0.4, 0.5) is 5.69 Å². The van der Waals surface area contributed by atoms with Crippen molar-refractivity contribution in [3.8, 4) is 5.75 Å². The number of rotatable bonds is 8. The molecule has 190 valence electrons. The van der Waals surface area contributed by atoms with Gasteiger partial charge in [-0.05, 0) is 67.5 Å². The lowest BCUT2D eigenvalue weighted by Crippen LogP contribution is -2.38. The van der Waals surface area contributed by atoms with E-state index in [1.807, 2.05) is 0 Å². The number of amides is 2. The van der Waals surface area contributed by atoms with Gasteiger partial charge in [-0.25, -0.2) is 4.79 Å². The summed E-state index contributed by atoms with van der Waals surface area (Å²) in [5.74, 6) is -2.80. The molecule has 5 rings (SSSR count). The molecule has 0 spiro atoms. The summed E-state index contributed by atoms with van der Waals surface area (Å²) in [5, 5.41) is 10.7. The van der Waals surface area contributed by atoms with Gasteiger partial charge in [0, 0.05) is 17.7 Å². The van der Waals surface area contributed by atoms with Crippen LogP contribution in [0.5, 0.6) is 5.75 Å². The SMILES string of the molecule is O=C(CN1C(=O)C2C3CCC(C3)C2C1=O)OCC(=O)c1ccc(OC(=O)c2ccc([N+](=O)[O-])cc2)cc1. The number of imide groups is 1. The van der Waals surface area contributed by atoms with E-state index in [0.717, 1.165) is 24.2 Å². The van der Waals surface area contributed by atoms with E-state index in [-0.39, 0.29) is 58.0 Å². The predicted octanol–water partition coefficient (Wildman–Crippen LogP) is 2.57. The van der Waals surface area contributed by atoms with E-state index in [1.54, 1.807) is 0 Å². The molecule has 1 heterocycles. The Labute approximate surface area is 210 Å². The molecule has 11 heteroatoms. The standard InChI is InChI=1S/C26H22N2O9/c29-20(13-36-21(30)12-27-24(31)22-16-1-2-17(11-16)23(22)25(27)32)14-5-9-19(10-6-14)37-26(33)15-3-7-18(8-4-15)28(34)35/h3-10,16-17,22-23H,1-2,11-13H2. The van der Waals surface area contributed by atoms with Gasteiger partial charge in [-0.1, -0.05) is 0 Å². The molecule has 2 bridgehead atoms. The zero-order valence-electron chi connectivity index (χ0n) is 19.5. The fourth-order valence-corrected chi connectivity index (χ4v) is 5.62. The summed E-state index contributed by atoms with van der Waals surface area (Å²) < 4.78 is 10.2. The minimum Gasteiger partial charge on any atom is -0.456 e. The van der Waals surface area contributed by atoms with Crippen molar-refractivity contribution in [2.45, 2.75) is 19.3 Å². The van der Waals surface area contributed by atoms with Gasteiger partial charge in [-0.2, -0.15) is 0 Å². The van der Waals surface area contributed by atoms with Crippen LogP contribution in [-0.2, 0) is 19.1 Å². The number of Topliss-reactive ketones (excluding diaryl/α,β-unsaturated/α-hetero) is 1. The van der Waals surface area contributed by atoms with Crippen molar-refractivity contribution < 1.29 is 38.4 Å². The number of esters is 2. The highest BCUT2D eigenvalue weighted by Crippen LogP contribution is 2.56. The molecule has 0 radical (unpaired) electrons. The van der Waals surface area contributed by atoms with Gasteiger partial charge < -0.3 is 9.47 Å². The third-order valence-electron chi connectivity index (χ3n) is 7.37. The number of ether oxygens (including phenoxy) is 2. The van der Waals surface area contributed by atoms with Gasteiger partial charge in [-0.3, -0.25) is 34.2 Å². The van der Waals surface area contributed by atoms with Gasteiger partial charge in [0.1, 0.15) is 12.3 Å². The summed E-state index contributed by atoms with van der Waals surface area (Å²) in [4.78, 5) is 73.4. The number of non-ortho nitro benzene ring substituents is 1. The van der Waals surface area contributed by atoms with Crippen molar-refractivity contribution in [1.82, 2.24) is 4.90 Å². The largest absolute Gasteiger partial charge is 0.456 e. The number of nitro benzene ring substituents is 1. The van der Waals surface area contributed by atoms with Gasteiger partial charge in [0.05, 0.1) is 22.3 Å². The maximum Gasteiger partial charge on any atom is 0.343 e. The minimum absolute atomic E-state index is 0.115. The lowest BCUT2D eigenvalue weighted by atomic mass is 9.81. The molecule has 0 N–H and O–H groups in total. The number of likely N-dealkylation sites (tertiary alicyclic amines) is 1. The average molecular weight is 506 g/mol. The van der Waals surface area contributed by atoms with Gasteiger partial charge in [0.15, 0.2) is 12.4 Å². The van der Waals surface area contributed by atoms with Crippen LogP contribution in [0.25, 0.3) is 0 Å². The Kier molecular flexibility index (Phi) is 6.28. The molecule has 1 aliphatic heterocycles. The maximum atomic E-state index is 12.7. The first-order valence-electron chi connectivity index (χ1n) is 11.8. The minimum atomic E-state index is -0.837. The van der Waals surface area contributed by atoms with Crippen molar-refractivity contribution >= 4 is 35.2 Å². The highest BCUT2D eigenvalue weighted by molar-refractivity contribution is 6.08. The third kappa shape index (κ3) is 4.59. The van der Waals surface area contributed by atoms with Gasteiger partial charge in [-0.15, -0.1) is 0 Å². The Balaban J connectivity index is 1.11. The number of nitrogens with zero attached hydrogens (tertiary/aromatic N) is 2. The number of ketones is 1. The molecule has 0 aromatic heterocycles. The first-order chi connectivity index (χ1) is 17.7. The Hall–Kier alpha value is -4.41. The maximum absolute atomic E-state index is 12.7. The lowest BCUT2D eigenvalue weighted by molar-refractivity contribution is -0.384. The van der Waals surface area contributed by atoms with E-state index in [4.69, 9.17) is 9.47 Å². The Morgan fingerprint density at radius 2 is 1.46 bits per heavy atom. The Bertz CT molecular complexity index is 1270. The van der Waals surface area contributed by atoms with Crippen LogP contribution >= 0.6 is 0 Å². The molecule has 11 nitrogen and oxygen atoms in total. The molecule has 3 fully saturated rings. The first kappa shape index (κ1) is 24.3. The van der Waals surface area contributed by atoms with Crippen LogP contribution in [-0.4, -0.2) is 52.5 Å². The molecular formula is C26H22N2O9. The monoisotopic (exact) mass is 506 g/mol. The van der Waals surface area contributed by atoms with Crippen LogP contribution in [0.1, 0.15) is 40.0 Å². The smallest absolute Gasteiger partial charge is 0.343 e. The predicted molar refractivity (Wildman–Crippen MR) is 124 cm³/mol. The number of hydrogen-bond acceptors (Lipinski definition) is 9. The van der Waals surface area contributed by atoms with E-state index in [0.29, 0.717) is 0 Å². The molecule has 2 saturated carbocycles. The number of carbonyl (C=O) groups excluding carboxylic acids is 5. The van der Waals surface area contributed by atoms with E-state index < -0.39 is 35.8 Å². The van der Waals surface area contributed by atoms with E-state index >= 15 is 0 Å². The molecule has 2 aromatic rings. The van der Waals surface area contributed by atoms with Crippen LogP contribution in [0.3, 0.4) is 0 Å². The highest BCUT2D eigenvalue weighted by atomic mass is 16.6. The fourth-order valence-electron chi connectivity index (χ4n) is 5.62. The molecular weight excluding hydrogens is 484 g/mol. The first-order valence-corrected chi connectivity index (χ1v) is 11.8. The average Bonchev–Trinajstić information content (AvgIpc) is 3.58. The Morgan fingerprint density at radius 1 is 0.892 bits per heavy atom. The summed E-state index contributed by atoms with van der Waals surface area (Å²) in [5.41, 5.74) is 0.152. The van der Waals surface area contributed by atoms with E-state index in [2.05, 4.69) is 0 Å². The second kappa shape index (κ2) is 9.57. The van der Waals surface area contributed by atoms with Crippen molar-refractivity contribution in [3.05, 3.63) is 69.8 Å². The molecule has 37 heavy (non-hydrogen) atoms. The van der Waals surface area contributed by atoms with E-state index in [1.165, 1.54) is 48.5 Å². The normalized spacial score (nSPS) is 23.6. The summed E-state index contributed by atoms with van der Waals surface area (Å²) in [7, 11) is 0. The van der Waals surface area contributed by atoms with Gasteiger partial charge in [0.2, 0.25) is 11.8 Å². The summed E-state index contributed by atoms with van der Waals surface area (Å²) >= 11 is 0. The summed E-state index contributed by atoms with van der Waals surface area (Å²) in [6.45, 7) is -1.08. The molecule has 2 amide bonds. The second-order valence-corrected chi connectivity index (χ2v) is 9.45.